The molecule has 2 aromatic carbocycles. The number of hydrogen-bond donors (Lipinski definition) is 3. The van der Waals surface area contributed by atoms with Crippen LogP contribution in [0, 0.1) is 0 Å². The largest absolute Gasteiger partial charge is 0.504 e. The van der Waals surface area contributed by atoms with Crippen LogP contribution in [0.2, 0.25) is 0 Å². The van der Waals surface area contributed by atoms with Crippen LogP contribution in [-0.2, 0) is 7.05 Å². The summed E-state index contributed by atoms with van der Waals surface area (Å²) in [5.74, 6) is 0.00812. The van der Waals surface area contributed by atoms with E-state index in [0.717, 1.165) is 5.56 Å². The summed E-state index contributed by atoms with van der Waals surface area (Å²) in [6.45, 7) is 0. The molecule has 0 saturated heterocycles. The van der Waals surface area contributed by atoms with Crippen molar-refractivity contribution in [2.45, 2.75) is 0 Å². The predicted octanol–water partition coefficient (Wildman–Crippen LogP) is 2.51. The first-order valence-corrected chi connectivity index (χ1v) is 8.56. The van der Waals surface area contributed by atoms with Gasteiger partial charge in [0.2, 0.25) is 0 Å². The number of aryl methyl sites for hydroxylation is 1. The number of amides is 1. The third-order valence-electron chi connectivity index (χ3n) is 4.55. The van der Waals surface area contributed by atoms with E-state index in [1.807, 2.05) is 30.3 Å². The molecular weight excluding hydrogens is 358 g/mol. The van der Waals surface area contributed by atoms with Crippen molar-refractivity contribution in [1.29, 1.82) is 0 Å². The second kappa shape index (κ2) is 6.66. The number of aromatic hydroxyl groups is 1. The topological polar surface area (TPSA) is 113 Å². The highest BCUT2D eigenvalue weighted by atomic mass is 16.3. The number of aromatic amines is 1. The summed E-state index contributed by atoms with van der Waals surface area (Å²) in [5.41, 5.74) is 3.20. The second-order valence-corrected chi connectivity index (χ2v) is 6.27. The molecule has 0 aliphatic carbocycles. The fourth-order valence-corrected chi connectivity index (χ4v) is 3.18. The lowest BCUT2D eigenvalue weighted by Gasteiger charge is -2.02. The first-order valence-electron chi connectivity index (χ1n) is 8.56. The third-order valence-corrected chi connectivity index (χ3v) is 4.55. The number of hydrogen-bond acceptors (Lipinski definition) is 5. The van der Waals surface area contributed by atoms with Gasteiger partial charge in [0.05, 0.1) is 16.6 Å². The molecule has 0 radical (unpaired) electrons. The maximum Gasteiger partial charge on any atom is 0.251 e. The summed E-state index contributed by atoms with van der Waals surface area (Å²) >= 11 is 0. The minimum absolute atomic E-state index is 0.00473. The Balaban J connectivity index is 1.87. The third kappa shape index (κ3) is 2.71. The number of aldehydes is 1. The van der Waals surface area contributed by atoms with Crippen LogP contribution < -0.4 is 5.32 Å². The number of H-pyrrole nitrogens is 1. The Morgan fingerprint density at radius 2 is 2.00 bits per heavy atom. The molecule has 8 heteroatoms. The zero-order valence-corrected chi connectivity index (χ0v) is 15.2. The molecule has 0 spiro atoms. The molecule has 0 atom stereocenters. The van der Waals surface area contributed by atoms with Gasteiger partial charge >= 0.3 is 0 Å². The van der Waals surface area contributed by atoms with Crippen LogP contribution in [0.5, 0.6) is 5.75 Å². The number of fused-ring (bicyclic) bond motifs is 1. The Kier molecular flexibility index (Phi) is 4.15. The number of imidazole rings is 1. The van der Waals surface area contributed by atoms with E-state index < -0.39 is 0 Å². The lowest BCUT2D eigenvalue weighted by atomic mass is 10.1. The monoisotopic (exact) mass is 375 g/mol. The van der Waals surface area contributed by atoms with E-state index in [9.17, 15) is 14.7 Å². The number of aromatic nitrogens is 4. The smallest absolute Gasteiger partial charge is 0.251 e. The molecular formula is C20H17N5O3. The van der Waals surface area contributed by atoms with E-state index >= 15 is 0 Å². The Morgan fingerprint density at radius 1 is 1.25 bits per heavy atom. The van der Waals surface area contributed by atoms with Crippen molar-refractivity contribution in [2.24, 2.45) is 7.05 Å². The molecule has 2 aromatic heterocycles. The normalized spacial score (nSPS) is 10.9. The molecule has 3 N–H and O–H groups in total. The van der Waals surface area contributed by atoms with Crippen molar-refractivity contribution in [2.75, 3.05) is 7.05 Å². The van der Waals surface area contributed by atoms with Crippen molar-refractivity contribution in [3.8, 4) is 28.5 Å². The number of nitrogens with one attached hydrogen (secondary N) is 2. The van der Waals surface area contributed by atoms with Crippen molar-refractivity contribution in [1.82, 2.24) is 25.1 Å². The number of carbonyl (C=O) groups is 2. The van der Waals surface area contributed by atoms with Gasteiger partial charge in [-0.1, -0.05) is 30.3 Å². The van der Waals surface area contributed by atoms with Crippen LogP contribution >= 0.6 is 0 Å². The van der Waals surface area contributed by atoms with E-state index in [0.29, 0.717) is 34.5 Å². The van der Waals surface area contributed by atoms with E-state index in [1.54, 1.807) is 19.2 Å². The fraction of sp³-hybridized carbons (Fsp3) is 0.100. The SMILES string of the molecule is CNC(=O)c1cc2nc(-c3c(O)c(-c4ccccc4)nn3C)[nH]c2cc1C=O. The molecule has 8 nitrogen and oxygen atoms in total. The van der Waals surface area contributed by atoms with Crippen molar-refractivity contribution in [3.05, 3.63) is 53.6 Å². The van der Waals surface area contributed by atoms with Crippen LogP contribution in [0.25, 0.3) is 33.8 Å². The molecule has 1 amide bonds. The highest BCUT2D eigenvalue weighted by Crippen LogP contribution is 2.37. The van der Waals surface area contributed by atoms with Gasteiger partial charge in [-0.3, -0.25) is 14.3 Å². The van der Waals surface area contributed by atoms with Gasteiger partial charge in [-0.15, -0.1) is 0 Å². The van der Waals surface area contributed by atoms with Crippen molar-refractivity contribution < 1.29 is 14.7 Å². The summed E-state index contributed by atoms with van der Waals surface area (Å²) in [4.78, 5) is 31.0. The lowest BCUT2D eigenvalue weighted by molar-refractivity contribution is 0.0957. The first kappa shape index (κ1) is 17.5. The van der Waals surface area contributed by atoms with Crippen LogP contribution in [0.4, 0.5) is 0 Å². The van der Waals surface area contributed by atoms with Gasteiger partial charge < -0.3 is 15.4 Å². The number of benzene rings is 2. The molecule has 28 heavy (non-hydrogen) atoms. The average molecular weight is 375 g/mol. The zero-order valence-electron chi connectivity index (χ0n) is 15.2. The van der Waals surface area contributed by atoms with Gasteiger partial charge in [0.15, 0.2) is 17.9 Å². The van der Waals surface area contributed by atoms with Gasteiger partial charge in [0, 0.05) is 25.2 Å². The molecule has 2 heterocycles. The fourth-order valence-electron chi connectivity index (χ4n) is 3.18. The highest BCUT2D eigenvalue weighted by molar-refractivity contribution is 6.05. The summed E-state index contributed by atoms with van der Waals surface area (Å²) in [5, 5.41) is 17.7. The maximum absolute atomic E-state index is 12.0. The summed E-state index contributed by atoms with van der Waals surface area (Å²) in [6, 6.07) is 12.4. The van der Waals surface area contributed by atoms with Gasteiger partial charge in [-0.05, 0) is 12.1 Å². The molecule has 0 bridgehead atoms. The Hall–Kier alpha value is -3.94. The predicted molar refractivity (Wildman–Crippen MR) is 104 cm³/mol. The van der Waals surface area contributed by atoms with Crippen LogP contribution in [0.1, 0.15) is 20.7 Å². The van der Waals surface area contributed by atoms with Crippen molar-refractivity contribution in [3.63, 3.8) is 0 Å². The molecule has 0 aliphatic rings. The molecule has 0 unspecified atom stereocenters. The average Bonchev–Trinajstić information content (AvgIpc) is 3.25. The van der Waals surface area contributed by atoms with Gasteiger partial charge in [0.25, 0.3) is 5.91 Å². The number of carbonyl (C=O) groups excluding carboxylic acids is 2. The Morgan fingerprint density at radius 3 is 2.68 bits per heavy atom. The lowest BCUT2D eigenvalue weighted by Crippen LogP contribution is -2.19. The molecule has 4 rings (SSSR count). The summed E-state index contributed by atoms with van der Waals surface area (Å²) in [7, 11) is 3.21. The standard InChI is InChI=1S/C20H17N5O3/c1-21-20(28)13-9-15-14(8-12(13)10-26)22-19(23-15)17-18(27)16(24-25(17)2)11-6-4-3-5-7-11/h3-10,27H,1-2H3,(H,21,28)(H,22,23). The first-order chi connectivity index (χ1) is 13.5. The molecule has 140 valence electrons. The van der Waals surface area contributed by atoms with Gasteiger partial charge in [-0.25, -0.2) is 4.98 Å². The Bertz CT molecular complexity index is 1210. The van der Waals surface area contributed by atoms with Crippen LogP contribution in [0.3, 0.4) is 0 Å². The molecule has 0 fully saturated rings. The molecule has 4 aromatic rings. The number of nitrogens with zero attached hydrogens (tertiary/aromatic N) is 3. The second-order valence-electron chi connectivity index (χ2n) is 6.27. The quantitative estimate of drug-likeness (QED) is 0.474. The van der Waals surface area contributed by atoms with Crippen molar-refractivity contribution >= 4 is 23.2 Å². The van der Waals surface area contributed by atoms with Crippen LogP contribution in [0.15, 0.2) is 42.5 Å². The summed E-state index contributed by atoms with van der Waals surface area (Å²) < 4.78 is 1.54. The van der Waals surface area contributed by atoms with Gasteiger partial charge in [0.1, 0.15) is 11.4 Å². The minimum atomic E-state index is -0.372. The molecule has 0 aliphatic heterocycles. The zero-order chi connectivity index (χ0) is 19.8. The van der Waals surface area contributed by atoms with E-state index in [4.69, 9.17) is 0 Å². The minimum Gasteiger partial charge on any atom is -0.504 e. The Labute approximate surface area is 159 Å². The number of rotatable bonds is 4. The molecule has 0 saturated carbocycles. The van der Waals surface area contributed by atoms with Crippen LogP contribution in [-0.4, -0.2) is 44.1 Å². The maximum atomic E-state index is 12.0. The van der Waals surface area contributed by atoms with E-state index in [1.165, 1.54) is 11.7 Å². The van der Waals surface area contributed by atoms with Gasteiger partial charge in [-0.2, -0.15) is 5.10 Å². The highest BCUT2D eigenvalue weighted by Gasteiger charge is 2.22. The van der Waals surface area contributed by atoms with E-state index in [2.05, 4.69) is 20.4 Å². The summed E-state index contributed by atoms with van der Waals surface area (Å²) in [6.07, 6.45) is 0.625. The van der Waals surface area contributed by atoms with E-state index in [-0.39, 0.29) is 22.8 Å².